The third-order valence-electron chi connectivity index (χ3n) is 13.2. The summed E-state index contributed by atoms with van der Waals surface area (Å²) in [5.74, 6) is -10.1. The molecule has 1 aromatic carbocycles. The van der Waals surface area contributed by atoms with Crippen LogP contribution in [0.2, 0.25) is 0 Å². The molecule has 510 valence electrons. The van der Waals surface area contributed by atoms with E-state index in [9.17, 15) is 57.5 Å². The molecule has 2 aromatic rings. The lowest BCUT2D eigenvalue weighted by Gasteiger charge is -2.27. The topological polar surface area (TPSA) is 573 Å². The quantitative estimate of drug-likeness (QED) is 0.00965. The number of guanidine groups is 3. The molecule has 8 atom stereocenters. The van der Waals surface area contributed by atoms with Crippen molar-refractivity contribution in [1.82, 2.24) is 68.4 Å². The lowest BCUT2D eigenvalue weighted by atomic mass is 10.0. The Labute approximate surface area is 538 Å². The van der Waals surface area contributed by atoms with Gasteiger partial charge in [0, 0.05) is 75.5 Å². The first-order chi connectivity index (χ1) is 43.5. The van der Waals surface area contributed by atoms with Crippen molar-refractivity contribution in [2.45, 2.75) is 141 Å². The van der Waals surface area contributed by atoms with Gasteiger partial charge in [0.15, 0.2) is 17.9 Å². The number of thiol groups is 1. The van der Waals surface area contributed by atoms with Crippen molar-refractivity contribution in [2.24, 2.45) is 61.0 Å². The average Bonchev–Trinajstić information content (AvgIpc) is 1.40. The zero-order valence-electron chi connectivity index (χ0n) is 52.5. The highest BCUT2D eigenvalue weighted by atomic mass is 32.1. The Morgan fingerprint density at radius 1 is 0.500 bits per heavy atom. The first-order valence-electron chi connectivity index (χ1n) is 29.7. The number of amides is 12. The number of nitrogens with zero attached hydrogens (tertiary/aromatic N) is 4. The van der Waals surface area contributed by atoms with Gasteiger partial charge in [-0.2, -0.15) is 12.6 Å². The van der Waals surface area contributed by atoms with Crippen LogP contribution in [-0.4, -0.2) is 193 Å². The Morgan fingerprint density at radius 2 is 0.946 bits per heavy atom. The summed E-state index contributed by atoms with van der Waals surface area (Å²) in [7, 11) is 0. The Morgan fingerprint density at radius 3 is 1.42 bits per heavy atom. The van der Waals surface area contributed by atoms with Crippen molar-refractivity contribution in [3.05, 3.63) is 54.4 Å². The molecule has 1 heterocycles. The number of carbonyl (C=O) groups excluding carboxylic acids is 12. The zero-order valence-corrected chi connectivity index (χ0v) is 53.4. The summed E-state index contributed by atoms with van der Waals surface area (Å²) in [6, 6.07) is -0.357. The van der Waals surface area contributed by atoms with Gasteiger partial charge in [0.25, 0.3) is 5.91 Å². The predicted octanol–water partition coefficient (Wildman–Crippen LogP) is -6.67. The van der Waals surface area contributed by atoms with Crippen molar-refractivity contribution >= 4 is 101 Å². The van der Waals surface area contributed by atoms with Crippen LogP contribution in [0.15, 0.2) is 63.8 Å². The molecule has 0 aliphatic rings. The standard InChI is InChI=1S/C56H93N23O12S/c1-31(2)27-41(52(90)76-39(13-10-22-68-56(62)63)51(89)77-40(18-19-43(57)81)49(87)72-32(3)45(83)65-23-26-92)78-53(91)42(28-64-30-70-47(85)35-14-16-36(17-15-35)79-24-6-7-25-79)73-44(82)29-69-48(86)37(11-8-20-66-54(58)59)75-50(88)38(12-9-21-67-55(60)61)74-46(84)33(4)71-34(5)80/h6-7,14-17,24-25,31-33,37-42,64,92H,8-13,18-23,26-30H2,1-5H3,(H2,57,81)(H,65,83)(H,69,86)(H,70,85)(H,71,80)(H,72,87)(H,73,82)(H,74,84)(H,75,88)(H,76,90)(H,77,89)(H,78,91)(H4,58,59,66)(H4,60,61,67)(H4,62,63,68)/t32-,33-,37-,38-,39-,40-,41-,42-/m0/s1. The minimum absolute atomic E-state index is 0.00623. The summed E-state index contributed by atoms with van der Waals surface area (Å²) < 4.78 is 1.84. The van der Waals surface area contributed by atoms with Crippen LogP contribution in [0.3, 0.4) is 0 Å². The van der Waals surface area contributed by atoms with Crippen LogP contribution >= 0.6 is 12.6 Å². The smallest absolute Gasteiger partial charge is 0.252 e. The van der Waals surface area contributed by atoms with Gasteiger partial charge in [-0.25, -0.2) is 0 Å². The Balaban J connectivity index is 2.53. The fraction of sp³-hybridized carbons (Fsp3) is 0.554. The second-order valence-corrected chi connectivity index (χ2v) is 22.0. The molecule has 35 nitrogen and oxygen atoms in total. The fourth-order valence-corrected chi connectivity index (χ4v) is 8.65. The van der Waals surface area contributed by atoms with E-state index in [0.717, 1.165) is 5.69 Å². The summed E-state index contributed by atoms with van der Waals surface area (Å²) in [4.78, 5) is 173. The molecule has 0 bridgehead atoms. The van der Waals surface area contributed by atoms with E-state index in [1.54, 1.807) is 38.1 Å². The van der Waals surface area contributed by atoms with Gasteiger partial charge in [-0.1, -0.05) is 13.8 Å². The number of nitrogens with two attached hydrogens (primary N) is 7. The number of primary amides is 1. The number of rotatable bonds is 43. The maximum atomic E-state index is 14.5. The molecule has 26 N–H and O–H groups in total. The fourth-order valence-electron chi connectivity index (χ4n) is 8.54. The van der Waals surface area contributed by atoms with Crippen LogP contribution < -0.4 is 104 Å². The van der Waals surface area contributed by atoms with E-state index in [4.69, 9.17) is 40.1 Å². The number of hydrogen-bond acceptors (Lipinski definition) is 17. The maximum absolute atomic E-state index is 14.5. The number of carbonyl (C=O) groups is 12. The van der Waals surface area contributed by atoms with Crippen molar-refractivity contribution in [1.29, 1.82) is 0 Å². The van der Waals surface area contributed by atoms with Crippen LogP contribution in [0.1, 0.15) is 103 Å². The maximum Gasteiger partial charge on any atom is 0.252 e. The highest BCUT2D eigenvalue weighted by Gasteiger charge is 2.34. The minimum atomic E-state index is -1.57. The van der Waals surface area contributed by atoms with Crippen LogP contribution in [0.25, 0.3) is 5.69 Å². The molecule has 2 rings (SSSR count). The van der Waals surface area contributed by atoms with Crippen LogP contribution in [0.4, 0.5) is 0 Å². The van der Waals surface area contributed by atoms with Crippen LogP contribution in [-0.2, 0) is 52.7 Å². The molecule has 0 saturated carbocycles. The summed E-state index contributed by atoms with van der Waals surface area (Å²) >= 11 is 4.06. The first-order valence-corrected chi connectivity index (χ1v) is 30.4. The Kier molecular flexibility index (Phi) is 36.0. The molecule has 0 aliphatic carbocycles. The second-order valence-electron chi connectivity index (χ2n) is 21.6. The monoisotopic (exact) mass is 1310 g/mol. The van der Waals surface area contributed by atoms with Crippen molar-refractivity contribution in [3.8, 4) is 5.69 Å². The largest absolute Gasteiger partial charge is 0.370 e. The molecule has 36 heteroatoms. The van der Waals surface area contributed by atoms with Gasteiger partial charge in [-0.15, -0.1) is 0 Å². The van der Waals surface area contributed by atoms with E-state index >= 15 is 0 Å². The van der Waals surface area contributed by atoms with Crippen LogP contribution in [0.5, 0.6) is 0 Å². The Bertz CT molecular complexity index is 2860. The van der Waals surface area contributed by atoms with Gasteiger partial charge in [0.2, 0.25) is 65.0 Å². The number of aliphatic imine (C=N–C) groups is 3. The van der Waals surface area contributed by atoms with Gasteiger partial charge >= 0.3 is 0 Å². The van der Waals surface area contributed by atoms with E-state index in [2.05, 4.69) is 91.4 Å². The van der Waals surface area contributed by atoms with Crippen molar-refractivity contribution in [3.63, 3.8) is 0 Å². The van der Waals surface area contributed by atoms with E-state index < -0.39 is 132 Å². The Hall–Kier alpha value is -9.74. The molecule has 0 fully saturated rings. The highest BCUT2D eigenvalue weighted by Crippen LogP contribution is 2.12. The van der Waals surface area contributed by atoms with Crippen molar-refractivity contribution < 1.29 is 57.5 Å². The summed E-state index contributed by atoms with van der Waals surface area (Å²) in [6.07, 6.45) is 3.05. The molecular formula is C56H93N23O12S. The molecule has 0 spiro atoms. The van der Waals surface area contributed by atoms with E-state index in [0.29, 0.717) is 11.3 Å². The molecule has 0 aliphatic heterocycles. The molecule has 92 heavy (non-hydrogen) atoms. The second kappa shape index (κ2) is 42.3. The summed E-state index contributed by atoms with van der Waals surface area (Å²) in [5.41, 5.74) is 39.5. The summed E-state index contributed by atoms with van der Waals surface area (Å²) in [6.45, 7) is 6.27. The van der Waals surface area contributed by atoms with E-state index in [-0.39, 0.29) is 114 Å². The van der Waals surface area contributed by atoms with Crippen LogP contribution in [0, 0.1) is 5.92 Å². The number of aromatic nitrogens is 1. The molecule has 0 radical (unpaired) electrons. The SMILES string of the molecule is CC(=O)N[C@@H](C)C(=O)N[C@@H](CCCN=C(N)N)C(=O)N[C@@H](CCCN=C(N)N)C(=O)NCC(=O)N[C@@H](CNCNC(=O)c1ccc(-n2cccc2)cc1)C(=O)N[C@@H](CC(C)C)C(=O)N[C@@H](CCCN=C(N)N)C(=O)N[C@@H](CCC(N)=O)C(=O)N[C@@H](C)C(=O)NCCS. The lowest BCUT2D eigenvalue weighted by Crippen LogP contribution is -2.60. The first kappa shape index (κ1) is 78.4. The molecule has 1 aromatic heterocycles. The normalized spacial score (nSPS) is 13.4. The van der Waals surface area contributed by atoms with Gasteiger partial charge < -0.3 is 103 Å². The average molecular weight is 1310 g/mol. The zero-order chi connectivity index (χ0) is 68.9. The van der Waals surface area contributed by atoms with Gasteiger partial charge in [-0.3, -0.25) is 77.8 Å². The van der Waals surface area contributed by atoms with E-state index in [1.807, 2.05) is 29.1 Å². The van der Waals surface area contributed by atoms with E-state index in [1.165, 1.54) is 20.8 Å². The number of hydrogen-bond donors (Lipinski definition) is 20. The molecule has 0 unspecified atom stereocenters. The predicted molar refractivity (Wildman–Crippen MR) is 346 cm³/mol. The summed E-state index contributed by atoms with van der Waals surface area (Å²) in [5, 5.41) is 31.0. The minimum Gasteiger partial charge on any atom is -0.370 e. The van der Waals surface area contributed by atoms with Crippen molar-refractivity contribution in [2.75, 3.05) is 51.7 Å². The number of nitrogens with one attached hydrogen (secondary N) is 12. The number of benzene rings is 1. The third-order valence-corrected chi connectivity index (χ3v) is 13.4. The third kappa shape index (κ3) is 32.1. The molecule has 0 saturated heterocycles. The van der Waals surface area contributed by atoms with Gasteiger partial charge in [0.05, 0.1) is 13.2 Å². The highest BCUT2D eigenvalue weighted by molar-refractivity contribution is 7.80. The van der Waals surface area contributed by atoms with Gasteiger partial charge in [0.1, 0.15) is 48.3 Å². The van der Waals surface area contributed by atoms with Gasteiger partial charge in [-0.05, 0) is 108 Å². The molecule has 12 amide bonds. The molecular weight excluding hydrogens is 1220 g/mol. The lowest BCUT2D eigenvalue weighted by molar-refractivity contribution is -0.135.